The minimum atomic E-state index is -2.85. The molecule has 2 rings (SSSR count). The second-order valence-electron chi connectivity index (χ2n) is 5.06. The van der Waals surface area contributed by atoms with Gasteiger partial charge in [0.2, 0.25) is 0 Å². The Morgan fingerprint density at radius 1 is 1.53 bits per heavy atom. The largest absolute Gasteiger partial charge is 0.306 e. The van der Waals surface area contributed by atoms with Gasteiger partial charge in [0.1, 0.15) is 0 Å². The topological polar surface area (TPSA) is 59.1 Å². The van der Waals surface area contributed by atoms with Gasteiger partial charge in [0.05, 0.1) is 11.5 Å². The zero-order valence-electron chi connectivity index (χ0n) is 10.2. The molecule has 5 heteroatoms. The highest BCUT2D eigenvalue weighted by Gasteiger charge is 2.37. The van der Waals surface area contributed by atoms with Gasteiger partial charge in [-0.05, 0) is 37.5 Å². The molecule has 0 spiro atoms. The smallest absolute Gasteiger partial charge is 0.152 e. The highest BCUT2D eigenvalue weighted by molar-refractivity contribution is 7.91. The first kappa shape index (κ1) is 12.5. The van der Waals surface area contributed by atoms with E-state index in [0.29, 0.717) is 18.7 Å². The lowest BCUT2D eigenvalue weighted by Crippen LogP contribution is -2.42. The Hall–Kier alpha value is -0.940. The van der Waals surface area contributed by atoms with E-state index >= 15 is 0 Å². The number of nitrogens with zero attached hydrogens (tertiary/aromatic N) is 1. The number of nitrogens with one attached hydrogen (secondary N) is 1. The van der Waals surface area contributed by atoms with Crippen molar-refractivity contribution in [3.05, 3.63) is 29.6 Å². The van der Waals surface area contributed by atoms with E-state index in [-0.39, 0.29) is 11.3 Å². The number of aromatic nitrogens is 1. The van der Waals surface area contributed by atoms with E-state index in [1.807, 2.05) is 26.1 Å². The molecule has 2 heterocycles. The van der Waals surface area contributed by atoms with Gasteiger partial charge in [-0.3, -0.25) is 4.98 Å². The Balaban J connectivity index is 2.02. The molecular formula is C12H18N2O2S. The molecule has 0 saturated carbocycles. The molecule has 0 bridgehead atoms. The number of hydrogen-bond donors (Lipinski definition) is 1. The summed E-state index contributed by atoms with van der Waals surface area (Å²) in [6.07, 6.45) is 4.28. The lowest BCUT2D eigenvalue weighted by atomic mass is 10.0. The molecule has 1 aliphatic heterocycles. The summed E-state index contributed by atoms with van der Waals surface area (Å²) >= 11 is 0. The molecule has 0 amide bonds. The summed E-state index contributed by atoms with van der Waals surface area (Å²) in [5, 5.41) is 3.35. The summed E-state index contributed by atoms with van der Waals surface area (Å²) in [5.41, 5.74) is 2.01. The summed E-state index contributed by atoms with van der Waals surface area (Å²) in [4.78, 5) is 4.08. The van der Waals surface area contributed by atoms with Crippen molar-refractivity contribution in [3.8, 4) is 0 Å². The average Bonchev–Trinajstić information content (AvgIpc) is 2.53. The molecular weight excluding hydrogens is 236 g/mol. The van der Waals surface area contributed by atoms with Crippen LogP contribution in [0.4, 0.5) is 0 Å². The number of sulfone groups is 1. The highest BCUT2D eigenvalue weighted by atomic mass is 32.2. The fourth-order valence-electron chi connectivity index (χ4n) is 2.14. The second-order valence-corrected chi connectivity index (χ2v) is 7.24. The van der Waals surface area contributed by atoms with Crippen molar-refractivity contribution < 1.29 is 8.42 Å². The summed E-state index contributed by atoms with van der Waals surface area (Å²) < 4.78 is 22.9. The molecule has 1 aromatic heterocycles. The molecule has 0 aliphatic carbocycles. The molecule has 1 aromatic rings. The van der Waals surface area contributed by atoms with Gasteiger partial charge < -0.3 is 5.32 Å². The molecule has 1 atom stereocenters. The first-order valence-electron chi connectivity index (χ1n) is 5.75. The molecule has 17 heavy (non-hydrogen) atoms. The van der Waals surface area contributed by atoms with Gasteiger partial charge in [0.25, 0.3) is 0 Å². The Bertz CT molecular complexity index is 513. The van der Waals surface area contributed by atoms with E-state index in [2.05, 4.69) is 10.3 Å². The van der Waals surface area contributed by atoms with Crippen LogP contribution in [0.1, 0.15) is 24.5 Å². The van der Waals surface area contributed by atoms with E-state index in [0.717, 1.165) is 5.56 Å². The van der Waals surface area contributed by atoms with Crippen LogP contribution >= 0.6 is 0 Å². The lowest BCUT2D eigenvalue weighted by molar-refractivity contribution is 0.395. The van der Waals surface area contributed by atoms with E-state index in [1.165, 1.54) is 5.56 Å². The molecule has 0 aromatic carbocycles. The number of rotatable bonds is 3. The second kappa shape index (κ2) is 4.38. The maximum absolute atomic E-state index is 11.5. The predicted molar refractivity (Wildman–Crippen MR) is 67.5 cm³/mol. The zero-order chi connectivity index (χ0) is 12.5. The zero-order valence-corrected chi connectivity index (χ0v) is 11.0. The third kappa shape index (κ3) is 3.04. The Kier molecular flexibility index (Phi) is 3.23. The van der Waals surface area contributed by atoms with Crippen LogP contribution in [-0.4, -0.2) is 30.4 Å². The number of hydrogen-bond acceptors (Lipinski definition) is 4. The van der Waals surface area contributed by atoms with Gasteiger partial charge >= 0.3 is 0 Å². The first-order valence-corrected chi connectivity index (χ1v) is 7.57. The van der Waals surface area contributed by atoms with Crippen molar-refractivity contribution in [1.82, 2.24) is 10.3 Å². The fourth-order valence-corrected chi connectivity index (χ4v) is 4.26. The van der Waals surface area contributed by atoms with Gasteiger partial charge in [0.15, 0.2) is 9.84 Å². The standard InChI is InChI=1S/C12H18N2O2S/c1-10-3-5-13-7-11(10)8-14-12(2)4-6-17(15,16)9-12/h3,5,7,14H,4,6,8-9H2,1-2H3. The number of pyridine rings is 1. The van der Waals surface area contributed by atoms with Crippen LogP contribution in [0.5, 0.6) is 0 Å². The summed E-state index contributed by atoms with van der Waals surface area (Å²) in [6.45, 7) is 4.68. The van der Waals surface area contributed by atoms with Crippen LogP contribution in [-0.2, 0) is 16.4 Å². The maximum Gasteiger partial charge on any atom is 0.152 e. The normalized spacial score (nSPS) is 27.2. The minimum Gasteiger partial charge on any atom is -0.306 e. The fraction of sp³-hybridized carbons (Fsp3) is 0.583. The molecule has 1 saturated heterocycles. The Labute approximate surface area is 102 Å². The highest BCUT2D eigenvalue weighted by Crippen LogP contribution is 2.23. The Morgan fingerprint density at radius 3 is 2.88 bits per heavy atom. The maximum atomic E-state index is 11.5. The summed E-state index contributed by atoms with van der Waals surface area (Å²) in [5.74, 6) is 0.530. The van der Waals surface area contributed by atoms with Crippen LogP contribution in [0.3, 0.4) is 0 Å². The third-order valence-corrected chi connectivity index (χ3v) is 5.26. The van der Waals surface area contributed by atoms with E-state index in [9.17, 15) is 8.42 Å². The average molecular weight is 254 g/mol. The van der Waals surface area contributed by atoms with Gasteiger partial charge in [-0.15, -0.1) is 0 Å². The van der Waals surface area contributed by atoms with Crippen LogP contribution in [0, 0.1) is 6.92 Å². The minimum absolute atomic E-state index is 0.235. The molecule has 1 N–H and O–H groups in total. The van der Waals surface area contributed by atoms with Crippen molar-refractivity contribution in [2.75, 3.05) is 11.5 Å². The monoisotopic (exact) mass is 254 g/mol. The van der Waals surface area contributed by atoms with Crippen molar-refractivity contribution in [3.63, 3.8) is 0 Å². The molecule has 94 valence electrons. The van der Waals surface area contributed by atoms with Crippen LogP contribution in [0.25, 0.3) is 0 Å². The van der Waals surface area contributed by atoms with Gasteiger partial charge in [-0.1, -0.05) is 0 Å². The molecule has 1 aliphatic rings. The van der Waals surface area contributed by atoms with Crippen LogP contribution in [0.15, 0.2) is 18.5 Å². The van der Waals surface area contributed by atoms with Crippen LogP contribution in [0.2, 0.25) is 0 Å². The molecule has 4 nitrogen and oxygen atoms in total. The van der Waals surface area contributed by atoms with Crippen molar-refractivity contribution in [1.29, 1.82) is 0 Å². The quantitative estimate of drug-likeness (QED) is 0.876. The lowest BCUT2D eigenvalue weighted by Gasteiger charge is -2.24. The van der Waals surface area contributed by atoms with E-state index in [1.54, 1.807) is 6.20 Å². The summed E-state index contributed by atoms with van der Waals surface area (Å²) in [6, 6.07) is 1.96. The molecule has 1 unspecified atom stereocenters. The van der Waals surface area contributed by atoms with Crippen molar-refractivity contribution >= 4 is 9.84 Å². The van der Waals surface area contributed by atoms with Gasteiger partial charge in [0, 0.05) is 24.5 Å². The van der Waals surface area contributed by atoms with Crippen LogP contribution < -0.4 is 5.32 Å². The van der Waals surface area contributed by atoms with E-state index < -0.39 is 9.84 Å². The van der Waals surface area contributed by atoms with E-state index in [4.69, 9.17) is 0 Å². The molecule has 1 fully saturated rings. The third-order valence-electron chi connectivity index (χ3n) is 3.36. The predicted octanol–water partition coefficient (Wildman–Crippen LogP) is 1.06. The van der Waals surface area contributed by atoms with Crippen molar-refractivity contribution in [2.45, 2.75) is 32.4 Å². The van der Waals surface area contributed by atoms with Crippen molar-refractivity contribution in [2.24, 2.45) is 0 Å². The van der Waals surface area contributed by atoms with Gasteiger partial charge in [-0.2, -0.15) is 0 Å². The Morgan fingerprint density at radius 2 is 2.29 bits per heavy atom. The summed E-state index contributed by atoms with van der Waals surface area (Å²) in [7, 11) is -2.85. The number of aryl methyl sites for hydroxylation is 1. The first-order chi connectivity index (χ1) is 7.90. The SMILES string of the molecule is Cc1ccncc1CNC1(C)CCS(=O)(=O)C1. The molecule has 0 radical (unpaired) electrons. The van der Waals surface area contributed by atoms with Gasteiger partial charge in [-0.25, -0.2) is 8.42 Å².